The van der Waals surface area contributed by atoms with Crippen molar-refractivity contribution in [3.8, 4) is 10.6 Å². The molecule has 0 aromatic carbocycles. The number of rotatable bonds is 6. The van der Waals surface area contributed by atoms with Gasteiger partial charge in [0, 0.05) is 24.2 Å². The lowest BCUT2D eigenvalue weighted by Crippen LogP contribution is -2.37. The van der Waals surface area contributed by atoms with Crippen LogP contribution in [0.5, 0.6) is 0 Å². The second-order valence-corrected chi connectivity index (χ2v) is 9.85. The van der Waals surface area contributed by atoms with Crippen molar-refractivity contribution in [2.75, 3.05) is 11.4 Å². The Morgan fingerprint density at radius 2 is 2.09 bits per heavy atom. The van der Waals surface area contributed by atoms with Crippen LogP contribution in [0.15, 0.2) is 54.4 Å². The quantitative estimate of drug-likeness (QED) is 0.470. The van der Waals surface area contributed by atoms with Crippen LogP contribution in [-0.4, -0.2) is 36.9 Å². The van der Waals surface area contributed by atoms with Crippen molar-refractivity contribution in [1.29, 1.82) is 0 Å². The number of hydrogen-bond donors (Lipinski definition) is 0. The Hall–Kier alpha value is -2.94. The summed E-state index contributed by atoms with van der Waals surface area (Å²) in [5, 5.41) is 15.0. The van der Waals surface area contributed by atoms with Gasteiger partial charge in [-0.1, -0.05) is 17.9 Å². The molecule has 0 bridgehead atoms. The summed E-state index contributed by atoms with van der Waals surface area (Å²) in [4.78, 5) is 7.06. The highest BCUT2D eigenvalue weighted by Crippen LogP contribution is 2.61. The Kier molecular flexibility index (Phi) is 4.33. The molecule has 1 aliphatic heterocycles. The zero-order valence-electron chi connectivity index (χ0n) is 17.6. The zero-order valence-corrected chi connectivity index (χ0v) is 18.4. The summed E-state index contributed by atoms with van der Waals surface area (Å²) in [7, 11) is 0. The van der Waals surface area contributed by atoms with Gasteiger partial charge in [-0.05, 0) is 56.7 Å². The molecule has 1 saturated heterocycles. The van der Waals surface area contributed by atoms with Gasteiger partial charge >= 0.3 is 0 Å². The highest BCUT2D eigenvalue weighted by molar-refractivity contribution is 7.14. The second-order valence-electron chi connectivity index (χ2n) is 8.84. The highest BCUT2D eigenvalue weighted by atomic mass is 32.1. The maximum atomic E-state index is 14.8. The van der Waals surface area contributed by atoms with Gasteiger partial charge in [0.1, 0.15) is 16.7 Å². The lowest BCUT2D eigenvalue weighted by Gasteiger charge is -2.30. The van der Waals surface area contributed by atoms with Crippen LogP contribution in [-0.2, 0) is 0 Å². The van der Waals surface area contributed by atoms with Gasteiger partial charge in [-0.2, -0.15) is 5.10 Å². The van der Waals surface area contributed by atoms with Gasteiger partial charge in [0.15, 0.2) is 10.7 Å². The third kappa shape index (κ3) is 3.02. The normalized spacial score (nSPS) is 25.5. The Balaban J connectivity index is 1.36. The fourth-order valence-electron chi connectivity index (χ4n) is 4.82. The number of nitrogens with zero attached hydrogens (tertiary/aromatic N) is 6. The van der Waals surface area contributed by atoms with E-state index < -0.39 is 17.2 Å². The van der Waals surface area contributed by atoms with E-state index in [1.54, 1.807) is 22.0 Å². The van der Waals surface area contributed by atoms with Crippen molar-refractivity contribution in [2.24, 2.45) is 5.92 Å². The fraction of sp³-hybridized carbons (Fsp3) is 0.391. The summed E-state index contributed by atoms with van der Waals surface area (Å²) in [6.07, 6.45) is 10.1. The van der Waals surface area contributed by atoms with Crippen LogP contribution in [0, 0.1) is 5.92 Å². The lowest BCUT2D eigenvalue weighted by molar-refractivity contribution is 0.598. The number of halogens is 2. The van der Waals surface area contributed by atoms with Crippen LogP contribution in [0.4, 0.5) is 14.6 Å². The van der Waals surface area contributed by atoms with Crippen LogP contribution < -0.4 is 4.90 Å². The molecule has 0 amide bonds. The SMILES string of the molecule is C=C(/C(F)=C\C=C(/C)F)[C@@]12C[C@@H]1CCN2c1ccn2ncc(-c3nnc(C4CC4)s3)c2n1. The first kappa shape index (κ1) is 19.7. The van der Waals surface area contributed by atoms with Crippen LogP contribution in [0.25, 0.3) is 16.2 Å². The number of aromatic nitrogens is 5. The first-order valence-electron chi connectivity index (χ1n) is 10.8. The van der Waals surface area contributed by atoms with E-state index in [0.29, 0.717) is 23.1 Å². The number of fused-ring (bicyclic) bond motifs is 2. The molecule has 164 valence electrons. The van der Waals surface area contributed by atoms with E-state index in [4.69, 9.17) is 4.98 Å². The zero-order chi connectivity index (χ0) is 22.0. The van der Waals surface area contributed by atoms with E-state index in [2.05, 4.69) is 26.8 Å². The third-order valence-corrected chi connectivity index (χ3v) is 7.87. The standard InChI is InChI=1S/C23H22F2N6S/c1-13(24)3-6-18(25)14(2)23-11-16(23)7-9-30(23)19-8-10-31-20(27-19)17(12-26-31)22-29-28-21(32-22)15-4-5-15/h3,6,8,10,12,15-16H,2,4-5,7,9,11H2,1H3/b13-3+,18-6+/t16-,23-/m0/s1. The molecule has 2 atom stereocenters. The van der Waals surface area contributed by atoms with E-state index in [1.807, 2.05) is 12.3 Å². The van der Waals surface area contributed by atoms with Crippen molar-refractivity contribution in [1.82, 2.24) is 24.8 Å². The van der Waals surface area contributed by atoms with Gasteiger partial charge in [0.25, 0.3) is 0 Å². The molecule has 0 N–H and O–H groups in total. The third-order valence-electron chi connectivity index (χ3n) is 6.75. The topological polar surface area (TPSA) is 59.2 Å². The summed E-state index contributed by atoms with van der Waals surface area (Å²) < 4.78 is 29.6. The molecule has 9 heteroatoms. The monoisotopic (exact) mass is 452 g/mol. The highest BCUT2D eigenvalue weighted by Gasteiger charge is 2.64. The Labute approximate surface area is 188 Å². The Morgan fingerprint density at radius 1 is 1.25 bits per heavy atom. The molecular weight excluding hydrogens is 430 g/mol. The molecule has 3 aromatic rings. The van der Waals surface area contributed by atoms with Gasteiger partial charge in [0.05, 0.1) is 23.1 Å². The van der Waals surface area contributed by atoms with Crippen LogP contribution in [0.2, 0.25) is 0 Å². The predicted octanol–water partition coefficient (Wildman–Crippen LogP) is 5.38. The average molecular weight is 453 g/mol. The average Bonchev–Trinajstić information content (AvgIpc) is 3.61. The molecule has 2 saturated carbocycles. The summed E-state index contributed by atoms with van der Waals surface area (Å²) >= 11 is 1.60. The summed E-state index contributed by atoms with van der Waals surface area (Å²) in [6, 6.07) is 1.91. The van der Waals surface area contributed by atoms with Gasteiger partial charge in [0.2, 0.25) is 0 Å². The molecule has 0 spiro atoms. The molecule has 4 heterocycles. The van der Waals surface area contributed by atoms with E-state index in [-0.39, 0.29) is 0 Å². The molecule has 6 rings (SSSR count). The Morgan fingerprint density at radius 3 is 2.84 bits per heavy atom. The molecule has 2 aliphatic carbocycles. The minimum absolute atomic E-state index is 0.330. The molecular formula is C23H22F2N6S. The van der Waals surface area contributed by atoms with Gasteiger partial charge < -0.3 is 4.90 Å². The Bertz CT molecular complexity index is 1300. The van der Waals surface area contributed by atoms with Crippen molar-refractivity contribution in [3.05, 3.63) is 59.4 Å². The van der Waals surface area contributed by atoms with E-state index in [9.17, 15) is 8.78 Å². The number of anilines is 1. The smallest absolute Gasteiger partial charge is 0.167 e. The van der Waals surface area contributed by atoms with Crippen LogP contribution in [0.1, 0.15) is 43.5 Å². The minimum atomic E-state index is -0.494. The predicted molar refractivity (Wildman–Crippen MR) is 120 cm³/mol. The number of piperidine rings is 1. The van der Waals surface area contributed by atoms with E-state index in [1.165, 1.54) is 19.8 Å². The number of allylic oxidation sites excluding steroid dienone is 3. The van der Waals surface area contributed by atoms with E-state index in [0.717, 1.165) is 52.9 Å². The first-order chi connectivity index (χ1) is 15.5. The second kappa shape index (κ2) is 7.03. The van der Waals surface area contributed by atoms with Crippen molar-refractivity contribution in [3.63, 3.8) is 0 Å². The van der Waals surface area contributed by atoms with Crippen LogP contribution in [0.3, 0.4) is 0 Å². The minimum Gasteiger partial charge on any atom is -0.346 e. The lowest BCUT2D eigenvalue weighted by atomic mass is 10.0. The summed E-state index contributed by atoms with van der Waals surface area (Å²) in [5.74, 6) is 0.716. The number of hydrogen-bond acceptors (Lipinski definition) is 6. The molecule has 0 radical (unpaired) electrons. The molecule has 32 heavy (non-hydrogen) atoms. The van der Waals surface area contributed by atoms with Crippen molar-refractivity contribution in [2.45, 2.75) is 44.1 Å². The van der Waals surface area contributed by atoms with Crippen molar-refractivity contribution >= 4 is 22.8 Å². The fourth-order valence-corrected chi connectivity index (χ4v) is 5.84. The molecule has 0 unspecified atom stereocenters. The molecule has 6 nitrogen and oxygen atoms in total. The molecule has 3 aliphatic rings. The summed E-state index contributed by atoms with van der Waals surface area (Å²) in [5.41, 5.74) is 1.46. The first-order valence-corrected chi connectivity index (χ1v) is 11.6. The maximum Gasteiger partial charge on any atom is 0.167 e. The van der Waals surface area contributed by atoms with Crippen molar-refractivity contribution < 1.29 is 8.78 Å². The largest absolute Gasteiger partial charge is 0.346 e. The van der Waals surface area contributed by atoms with Gasteiger partial charge in [-0.25, -0.2) is 18.3 Å². The molecule has 3 fully saturated rings. The van der Waals surface area contributed by atoms with E-state index >= 15 is 0 Å². The van der Waals surface area contributed by atoms with Gasteiger partial charge in [-0.3, -0.25) is 0 Å². The maximum absolute atomic E-state index is 14.8. The molecule has 3 aromatic heterocycles. The van der Waals surface area contributed by atoms with Gasteiger partial charge in [-0.15, -0.1) is 10.2 Å². The van der Waals surface area contributed by atoms with Crippen LogP contribution >= 0.6 is 11.3 Å². The summed E-state index contributed by atoms with van der Waals surface area (Å²) in [6.45, 7) is 6.11.